The van der Waals surface area contributed by atoms with Crippen molar-refractivity contribution in [3.05, 3.63) is 52.2 Å². The molecule has 1 atom stereocenters. The summed E-state index contributed by atoms with van der Waals surface area (Å²) in [5.74, 6) is 0.817. The topological polar surface area (TPSA) is 70.6 Å². The van der Waals surface area contributed by atoms with E-state index in [0.29, 0.717) is 13.2 Å². The van der Waals surface area contributed by atoms with Crippen molar-refractivity contribution in [1.29, 1.82) is 0 Å². The zero-order chi connectivity index (χ0) is 15.8. The van der Waals surface area contributed by atoms with E-state index in [0.717, 1.165) is 16.9 Å². The Morgan fingerprint density at radius 1 is 1.32 bits per heavy atom. The fraction of sp³-hybridized carbons (Fsp3) is 0.312. The van der Waals surface area contributed by atoms with Crippen molar-refractivity contribution in [3.63, 3.8) is 0 Å². The molecule has 0 saturated carbocycles. The largest absolute Gasteiger partial charge is 0.491 e. The molecule has 2 amide bonds. The number of aryl methyl sites for hydroxylation is 1. The van der Waals surface area contributed by atoms with Crippen LogP contribution in [0.2, 0.25) is 0 Å². The van der Waals surface area contributed by atoms with Gasteiger partial charge in [0.15, 0.2) is 0 Å². The number of benzene rings is 1. The first-order valence-corrected chi connectivity index (χ1v) is 8.01. The zero-order valence-electron chi connectivity index (χ0n) is 12.4. The van der Waals surface area contributed by atoms with Crippen molar-refractivity contribution in [2.75, 3.05) is 19.7 Å². The maximum Gasteiger partial charge on any atom is 0.315 e. The monoisotopic (exact) mass is 320 g/mol. The molecule has 1 aromatic carbocycles. The number of hydrogen-bond donors (Lipinski definition) is 3. The van der Waals surface area contributed by atoms with Crippen molar-refractivity contribution in [2.24, 2.45) is 0 Å². The molecule has 1 unspecified atom stereocenters. The number of hydrogen-bond acceptors (Lipinski definition) is 4. The third kappa shape index (κ3) is 5.05. The third-order valence-electron chi connectivity index (χ3n) is 3.12. The van der Waals surface area contributed by atoms with Crippen LogP contribution in [0.15, 0.2) is 41.1 Å². The van der Waals surface area contributed by atoms with E-state index < -0.39 is 6.10 Å². The van der Waals surface area contributed by atoms with Gasteiger partial charge in [0.25, 0.3) is 0 Å². The molecule has 0 aliphatic heterocycles. The molecule has 0 bridgehead atoms. The predicted octanol–water partition coefficient (Wildman–Crippen LogP) is 2.47. The number of amides is 2. The summed E-state index contributed by atoms with van der Waals surface area (Å²) in [7, 11) is 0. The third-order valence-corrected chi connectivity index (χ3v) is 3.82. The highest BCUT2D eigenvalue weighted by Gasteiger charge is 2.09. The SMILES string of the molecule is Cc1ccccc1OCCNC(=O)NCC(O)c1ccsc1. The summed E-state index contributed by atoms with van der Waals surface area (Å²) in [4.78, 5) is 11.6. The molecular weight excluding hydrogens is 300 g/mol. The second kappa shape index (κ2) is 8.41. The molecule has 6 heteroatoms. The second-order valence-corrected chi connectivity index (χ2v) is 5.60. The van der Waals surface area contributed by atoms with Crippen LogP contribution in [0.5, 0.6) is 5.75 Å². The number of urea groups is 1. The minimum absolute atomic E-state index is 0.182. The normalized spacial score (nSPS) is 11.7. The molecule has 0 radical (unpaired) electrons. The minimum atomic E-state index is -0.680. The Hall–Kier alpha value is -2.05. The summed E-state index contributed by atoms with van der Waals surface area (Å²) in [5, 5.41) is 18.9. The fourth-order valence-electron chi connectivity index (χ4n) is 1.88. The molecular formula is C16H20N2O3S. The average molecular weight is 320 g/mol. The molecule has 0 saturated heterocycles. The van der Waals surface area contributed by atoms with Crippen LogP contribution in [0, 0.1) is 6.92 Å². The van der Waals surface area contributed by atoms with Gasteiger partial charge in [-0.3, -0.25) is 0 Å². The summed E-state index contributed by atoms with van der Waals surface area (Å²) >= 11 is 1.51. The van der Waals surface area contributed by atoms with Crippen molar-refractivity contribution in [2.45, 2.75) is 13.0 Å². The van der Waals surface area contributed by atoms with Crippen LogP contribution in [-0.2, 0) is 0 Å². The van der Waals surface area contributed by atoms with E-state index in [4.69, 9.17) is 4.74 Å². The van der Waals surface area contributed by atoms with Gasteiger partial charge in [0.2, 0.25) is 0 Å². The first kappa shape index (κ1) is 16.3. The van der Waals surface area contributed by atoms with Crippen molar-refractivity contribution < 1.29 is 14.6 Å². The Bertz CT molecular complexity index is 587. The molecule has 1 aromatic heterocycles. The lowest BCUT2D eigenvalue weighted by molar-refractivity contribution is 0.173. The number of ether oxygens (including phenoxy) is 1. The van der Waals surface area contributed by atoms with Gasteiger partial charge in [-0.2, -0.15) is 11.3 Å². The molecule has 1 heterocycles. The van der Waals surface area contributed by atoms with Crippen molar-refractivity contribution in [1.82, 2.24) is 10.6 Å². The van der Waals surface area contributed by atoms with Gasteiger partial charge in [-0.1, -0.05) is 18.2 Å². The van der Waals surface area contributed by atoms with E-state index in [2.05, 4.69) is 10.6 Å². The molecule has 5 nitrogen and oxygen atoms in total. The van der Waals surface area contributed by atoms with Gasteiger partial charge in [0.1, 0.15) is 12.4 Å². The predicted molar refractivity (Wildman–Crippen MR) is 87.4 cm³/mol. The number of nitrogens with one attached hydrogen (secondary N) is 2. The number of aliphatic hydroxyl groups excluding tert-OH is 1. The smallest absolute Gasteiger partial charge is 0.315 e. The molecule has 2 rings (SSSR count). The average Bonchev–Trinajstić information content (AvgIpc) is 3.05. The lowest BCUT2D eigenvalue weighted by atomic mass is 10.2. The molecule has 3 N–H and O–H groups in total. The molecule has 0 fully saturated rings. The molecule has 0 spiro atoms. The Balaban J connectivity index is 1.61. The van der Waals surface area contributed by atoms with Gasteiger partial charge >= 0.3 is 6.03 Å². The minimum Gasteiger partial charge on any atom is -0.491 e. The van der Waals surface area contributed by atoms with E-state index in [1.165, 1.54) is 11.3 Å². The lowest BCUT2D eigenvalue weighted by Gasteiger charge is -2.12. The Morgan fingerprint density at radius 3 is 2.86 bits per heavy atom. The second-order valence-electron chi connectivity index (χ2n) is 4.82. The van der Waals surface area contributed by atoms with Crippen LogP contribution in [-0.4, -0.2) is 30.8 Å². The maximum atomic E-state index is 11.6. The number of rotatable bonds is 7. The van der Waals surface area contributed by atoms with Crippen LogP contribution >= 0.6 is 11.3 Å². The van der Waals surface area contributed by atoms with Crippen molar-refractivity contribution in [3.8, 4) is 5.75 Å². The Morgan fingerprint density at radius 2 is 2.14 bits per heavy atom. The zero-order valence-corrected chi connectivity index (χ0v) is 13.2. The van der Waals surface area contributed by atoms with Crippen LogP contribution in [0.3, 0.4) is 0 Å². The highest BCUT2D eigenvalue weighted by atomic mass is 32.1. The standard InChI is InChI=1S/C16H20N2O3S/c1-12-4-2-3-5-15(12)21-8-7-17-16(20)18-10-14(19)13-6-9-22-11-13/h2-6,9,11,14,19H,7-8,10H2,1H3,(H2,17,18,20). The van der Waals surface area contributed by atoms with E-state index >= 15 is 0 Å². The highest BCUT2D eigenvalue weighted by Crippen LogP contribution is 2.16. The first-order chi connectivity index (χ1) is 10.7. The van der Waals surface area contributed by atoms with E-state index in [-0.39, 0.29) is 12.6 Å². The van der Waals surface area contributed by atoms with Gasteiger partial charge in [0, 0.05) is 6.54 Å². The molecule has 118 valence electrons. The van der Waals surface area contributed by atoms with Gasteiger partial charge in [0.05, 0.1) is 12.6 Å². The van der Waals surface area contributed by atoms with Gasteiger partial charge in [-0.25, -0.2) is 4.79 Å². The van der Waals surface area contributed by atoms with Crippen LogP contribution < -0.4 is 15.4 Å². The molecule has 0 aliphatic carbocycles. The van der Waals surface area contributed by atoms with Crippen molar-refractivity contribution >= 4 is 17.4 Å². The number of carbonyl (C=O) groups excluding carboxylic acids is 1. The van der Waals surface area contributed by atoms with E-state index in [1.807, 2.05) is 48.0 Å². The molecule has 0 aliphatic rings. The number of carbonyl (C=O) groups is 1. The first-order valence-electron chi connectivity index (χ1n) is 7.07. The summed E-state index contributed by atoms with van der Waals surface area (Å²) < 4.78 is 5.58. The summed E-state index contributed by atoms with van der Waals surface area (Å²) in [6, 6.07) is 9.25. The van der Waals surface area contributed by atoms with Crippen LogP contribution in [0.25, 0.3) is 0 Å². The number of thiophene rings is 1. The Kier molecular flexibility index (Phi) is 6.24. The number of para-hydroxylation sites is 1. The van der Waals surface area contributed by atoms with Crippen LogP contribution in [0.4, 0.5) is 4.79 Å². The quantitative estimate of drug-likeness (QED) is 0.686. The van der Waals surface area contributed by atoms with E-state index in [9.17, 15) is 9.90 Å². The fourth-order valence-corrected chi connectivity index (χ4v) is 2.59. The lowest BCUT2D eigenvalue weighted by Crippen LogP contribution is -2.39. The number of aliphatic hydroxyl groups is 1. The summed E-state index contributed by atoms with van der Waals surface area (Å²) in [5.41, 5.74) is 1.87. The Labute approximate surface area is 133 Å². The molecule has 2 aromatic rings. The van der Waals surface area contributed by atoms with E-state index in [1.54, 1.807) is 0 Å². The maximum absolute atomic E-state index is 11.6. The molecule has 22 heavy (non-hydrogen) atoms. The summed E-state index contributed by atoms with van der Waals surface area (Å²) in [6.45, 7) is 2.95. The highest BCUT2D eigenvalue weighted by molar-refractivity contribution is 7.07. The van der Waals surface area contributed by atoms with Crippen LogP contribution in [0.1, 0.15) is 17.2 Å². The summed E-state index contributed by atoms with van der Waals surface area (Å²) in [6.07, 6.45) is -0.680. The van der Waals surface area contributed by atoms with Gasteiger partial charge in [-0.05, 0) is 40.9 Å². The van der Waals surface area contributed by atoms with Gasteiger partial charge < -0.3 is 20.5 Å². The van der Waals surface area contributed by atoms with Gasteiger partial charge in [-0.15, -0.1) is 0 Å².